The molecule has 0 saturated carbocycles. The number of hydrogen-bond acceptors (Lipinski definition) is 6. The maximum absolute atomic E-state index is 13.3. The molecule has 0 radical (unpaired) electrons. The molecule has 0 unspecified atom stereocenters. The summed E-state index contributed by atoms with van der Waals surface area (Å²) >= 11 is 8.52. The van der Waals surface area contributed by atoms with Gasteiger partial charge < -0.3 is 4.90 Å². The lowest BCUT2D eigenvalue weighted by molar-refractivity contribution is 0.149. The van der Waals surface area contributed by atoms with Crippen molar-refractivity contribution in [1.29, 1.82) is 0 Å². The van der Waals surface area contributed by atoms with Gasteiger partial charge >= 0.3 is 0 Å². The molecular weight excluding hydrogens is 544 g/mol. The van der Waals surface area contributed by atoms with Crippen molar-refractivity contribution in [2.24, 2.45) is 0 Å². The van der Waals surface area contributed by atoms with Crippen LogP contribution in [0.5, 0.6) is 0 Å². The Bertz CT molecular complexity index is 1410. The molecule has 206 valence electrons. The van der Waals surface area contributed by atoms with Gasteiger partial charge in [0.1, 0.15) is 6.33 Å². The molecule has 5 rings (SSSR count). The van der Waals surface area contributed by atoms with Gasteiger partial charge in [-0.15, -0.1) is 54.1 Å². The normalized spacial score (nSPS) is 15.8. The molecule has 0 amide bonds. The summed E-state index contributed by atoms with van der Waals surface area (Å²) in [5.74, 6) is 1.37. The summed E-state index contributed by atoms with van der Waals surface area (Å²) < 4.78 is 2.96. The van der Waals surface area contributed by atoms with Crippen LogP contribution in [0.15, 0.2) is 70.2 Å². The first-order chi connectivity index (χ1) is 18.9. The van der Waals surface area contributed by atoms with Crippen molar-refractivity contribution in [1.82, 2.24) is 19.4 Å². The molecule has 39 heavy (non-hydrogen) atoms. The second kappa shape index (κ2) is 15.3. The Morgan fingerprint density at radius 2 is 1.92 bits per heavy atom. The van der Waals surface area contributed by atoms with Crippen LogP contribution in [0.2, 0.25) is 0 Å². The molecule has 1 fully saturated rings. The number of halogens is 1. The minimum atomic E-state index is 0.0182. The highest BCUT2D eigenvalue weighted by Crippen LogP contribution is 2.32. The number of piperazine rings is 1. The molecule has 0 spiro atoms. The van der Waals surface area contributed by atoms with E-state index in [0.717, 1.165) is 61.2 Å². The summed E-state index contributed by atoms with van der Waals surface area (Å²) in [6.07, 6.45) is 16.6. The molecule has 1 saturated heterocycles. The number of fused-ring (bicyclic) bond motifs is 2. The SMILES string of the molecule is C#C.C=CCCl.CC/C=C(\C)C1=Cc2ncn(-c3ccc4sc(CN5CCN(C)CC5)cc4c3)c(=O)c2SC1. The highest BCUT2D eigenvalue weighted by molar-refractivity contribution is 7.99. The zero-order valence-corrected chi connectivity index (χ0v) is 25.4. The first-order valence-corrected chi connectivity index (χ1v) is 15.3. The Labute approximate surface area is 245 Å². The summed E-state index contributed by atoms with van der Waals surface area (Å²) in [6, 6.07) is 8.58. The molecule has 2 aromatic heterocycles. The second-order valence-corrected chi connectivity index (χ2v) is 11.8. The molecule has 2 aliphatic heterocycles. The highest BCUT2D eigenvalue weighted by Gasteiger charge is 2.19. The molecule has 0 bridgehead atoms. The number of benzene rings is 1. The number of aromatic nitrogens is 2. The predicted molar refractivity (Wildman–Crippen MR) is 172 cm³/mol. The highest BCUT2D eigenvalue weighted by atomic mass is 35.5. The van der Waals surface area contributed by atoms with Crippen molar-refractivity contribution in [2.45, 2.75) is 31.7 Å². The number of likely N-dealkylation sites (N-methyl/N-ethyl adjacent to an activating group) is 1. The van der Waals surface area contributed by atoms with Crippen molar-refractivity contribution >= 4 is 50.9 Å². The summed E-state index contributed by atoms with van der Waals surface area (Å²) in [4.78, 5) is 25.0. The Balaban J connectivity index is 0.000000644. The summed E-state index contributed by atoms with van der Waals surface area (Å²) in [5, 5.41) is 1.20. The van der Waals surface area contributed by atoms with Crippen LogP contribution in [0.4, 0.5) is 0 Å². The smallest absolute Gasteiger partial charge is 0.272 e. The van der Waals surface area contributed by atoms with Crippen LogP contribution in [-0.4, -0.2) is 64.2 Å². The first kappa shape index (κ1) is 30.9. The molecule has 1 aromatic carbocycles. The maximum atomic E-state index is 13.3. The molecule has 2 aliphatic rings. The van der Waals surface area contributed by atoms with Crippen LogP contribution >= 0.6 is 34.7 Å². The van der Waals surface area contributed by atoms with Crippen LogP contribution < -0.4 is 5.56 Å². The van der Waals surface area contributed by atoms with E-state index < -0.39 is 0 Å². The van der Waals surface area contributed by atoms with E-state index >= 15 is 0 Å². The number of hydrogen-bond donors (Lipinski definition) is 0. The fourth-order valence-corrected chi connectivity index (χ4v) is 6.61. The fourth-order valence-electron chi connectivity index (χ4n) is 4.43. The van der Waals surface area contributed by atoms with Gasteiger partial charge in [-0.25, -0.2) is 4.98 Å². The van der Waals surface area contributed by atoms with Gasteiger partial charge in [-0.3, -0.25) is 14.3 Å². The lowest BCUT2D eigenvalue weighted by Crippen LogP contribution is -2.43. The second-order valence-electron chi connectivity index (χ2n) is 9.34. The van der Waals surface area contributed by atoms with E-state index in [-0.39, 0.29) is 5.56 Å². The Hall–Kier alpha value is -2.60. The van der Waals surface area contributed by atoms with E-state index in [4.69, 9.17) is 11.6 Å². The van der Waals surface area contributed by atoms with Gasteiger partial charge in [0, 0.05) is 53.9 Å². The van der Waals surface area contributed by atoms with Crippen molar-refractivity contribution in [3.63, 3.8) is 0 Å². The summed E-state index contributed by atoms with van der Waals surface area (Å²) in [6.45, 7) is 13.1. The van der Waals surface area contributed by atoms with Gasteiger partial charge in [-0.1, -0.05) is 24.6 Å². The lowest BCUT2D eigenvalue weighted by Gasteiger charge is -2.31. The molecular formula is C31H37ClN4OS2. The Kier molecular flexibility index (Phi) is 12.1. The standard InChI is InChI=1S/C26H30N4OS2.C3H5Cl.C2H2/c1-4-5-18(2)20-14-23-25(32-16-20)26(31)30(17-27-23)21-6-7-24-19(12-21)13-22(33-24)15-29-10-8-28(3)9-11-29;1-2-3-4;1-2/h5-7,12-14,17H,4,8-11,15-16H2,1-3H3;2H,1,3H2;1-2H/b18-5+;;. The zero-order valence-electron chi connectivity index (χ0n) is 23.0. The number of rotatable bonds is 6. The molecule has 5 nitrogen and oxygen atoms in total. The zero-order chi connectivity index (χ0) is 28.4. The van der Waals surface area contributed by atoms with E-state index in [1.165, 1.54) is 26.1 Å². The number of alkyl halides is 1. The monoisotopic (exact) mass is 580 g/mol. The lowest BCUT2D eigenvalue weighted by atomic mass is 10.1. The first-order valence-electron chi connectivity index (χ1n) is 13.0. The van der Waals surface area contributed by atoms with Crippen LogP contribution in [0.3, 0.4) is 0 Å². The predicted octanol–water partition coefficient (Wildman–Crippen LogP) is 6.70. The number of thiophene rings is 1. The average Bonchev–Trinajstić information content (AvgIpc) is 3.37. The summed E-state index contributed by atoms with van der Waals surface area (Å²) in [5.41, 5.74) is 4.22. The Morgan fingerprint density at radius 1 is 1.21 bits per heavy atom. The van der Waals surface area contributed by atoms with Crippen LogP contribution in [0.1, 0.15) is 30.8 Å². The fraction of sp³-hybridized carbons (Fsp3) is 0.355. The third kappa shape index (κ3) is 7.97. The minimum Gasteiger partial charge on any atom is -0.304 e. The molecule has 3 aromatic rings. The van der Waals surface area contributed by atoms with Crippen molar-refractivity contribution in [3.8, 4) is 18.5 Å². The Morgan fingerprint density at radius 3 is 2.59 bits per heavy atom. The van der Waals surface area contributed by atoms with E-state index in [9.17, 15) is 4.79 Å². The number of terminal acetylenes is 1. The van der Waals surface area contributed by atoms with Crippen LogP contribution in [0.25, 0.3) is 21.8 Å². The number of allylic oxidation sites excluding steroid dienone is 3. The van der Waals surface area contributed by atoms with Gasteiger partial charge in [0.15, 0.2) is 0 Å². The van der Waals surface area contributed by atoms with E-state index in [1.807, 2.05) is 17.4 Å². The molecule has 0 aliphatic carbocycles. The van der Waals surface area contributed by atoms with Crippen LogP contribution in [-0.2, 0) is 6.54 Å². The number of nitrogens with zero attached hydrogens (tertiary/aromatic N) is 4. The van der Waals surface area contributed by atoms with E-state index in [1.54, 1.807) is 28.7 Å². The summed E-state index contributed by atoms with van der Waals surface area (Å²) in [7, 11) is 2.19. The third-order valence-electron chi connectivity index (χ3n) is 6.57. The van der Waals surface area contributed by atoms with Gasteiger partial charge in [0.25, 0.3) is 5.56 Å². The molecule has 0 N–H and O–H groups in total. The van der Waals surface area contributed by atoms with Gasteiger partial charge in [0.05, 0.1) is 16.3 Å². The number of thioether (sulfide) groups is 1. The van der Waals surface area contributed by atoms with E-state index in [0.29, 0.717) is 5.88 Å². The van der Waals surface area contributed by atoms with Crippen molar-refractivity contribution < 1.29 is 0 Å². The minimum absolute atomic E-state index is 0.0182. The quantitative estimate of drug-likeness (QED) is 0.184. The third-order valence-corrected chi connectivity index (χ3v) is 9.02. The van der Waals surface area contributed by atoms with Crippen molar-refractivity contribution in [3.05, 3.63) is 81.4 Å². The van der Waals surface area contributed by atoms with Gasteiger partial charge in [-0.05, 0) is 61.7 Å². The largest absolute Gasteiger partial charge is 0.304 e. The average molecular weight is 581 g/mol. The molecule has 8 heteroatoms. The van der Waals surface area contributed by atoms with E-state index in [2.05, 4.69) is 85.5 Å². The molecule has 0 atom stereocenters. The van der Waals surface area contributed by atoms with Gasteiger partial charge in [0.2, 0.25) is 0 Å². The van der Waals surface area contributed by atoms with Crippen LogP contribution in [0, 0.1) is 12.8 Å². The van der Waals surface area contributed by atoms with Crippen molar-refractivity contribution in [2.75, 3.05) is 44.9 Å². The maximum Gasteiger partial charge on any atom is 0.272 e. The molecule has 4 heterocycles. The topological polar surface area (TPSA) is 41.4 Å². The van der Waals surface area contributed by atoms with Gasteiger partial charge in [-0.2, -0.15) is 0 Å².